The average molecular weight is 466 g/mol. The van der Waals surface area contributed by atoms with Crippen LogP contribution in [0.15, 0.2) is 54.9 Å². The quantitative estimate of drug-likeness (QED) is 0.554. The summed E-state index contributed by atoms with van der Waals surface area (Å²) >= 11 is 6.32. The molecule has 2 unspecified atom stereocenters. The van der Waals surface area contributed by atoms with Crippen LogP contribution in [0.2, 0.25) is 5.02 Å². The van der Waals surface area contributed by atoms with Crippen LogP contribution in [0.25, 0.3) is 0 Å². The van der Waals surface area contributed by atoms with Crippen molar-refractivity contribution < 1.29 is 27.8 Å². The summed E-state index contributed by atoms with van der Waals surface area (Å²) in [5.74, 6) is -0.720. The van der Waals surface area contributed by atoms with E-state index in [1.54, 1.807) is 18.0 Å². The van der Waals surface area contributed by atoms with Gasteiger partial charge in [-0.25, -0.2) is 9.97 Å². The van der Waals surface area contributed by atoms with Crippen LogP contribution < -0.4 is 14.4 Å². The summed E-state index contributed by atoms with van der Waals surface area (Å²) in [6.07, 6.45) is -2.00. The number of ether oxygens (including phenoxy) is 2. The van der Waals surface area contributed by atoms with E-state index in [1.165, 1.54) is 55.7 Å². The van der Waals surface area contributed by atoms with Crippen LogP contribution in [0.1, 0.15) is 24.0 Å². The maximum absolute atomic E-state index is 14.3. The van der Waals surface area contributed by atoms with E-state index in [4.69, 9.17) is 21.1 Å². The van der Waals surface area contributed by atoms with Crippen molar-refractivity contribution in [3.8, 4) is 17.5 Å². The molecule has 4 rings (SSSR count). The zero-order chi connectivity index (χ0) is 23.1. The minimum Gasteiger partial charge on any atom is -0.471 e. The Morgan fingerprint density at radius 3 is 2.53 bits per heavy atom. The van der Waals surface area contributed by atoms with E-state index < -0.39 is 17.7 Å². The van der Waals surface area contributed by atoms with Crippen molar-refractivity contribution in [3.63, 3.8) is 0 Å². The second kappa shape index (κ2) is 8.14. The first-order valence-corrected chi connectivity index (χ1v) is 10.0. The highest BCUT2D eigenvalue weighted by Gasteiger charge is 2.59. The smallest absolute Gasteiger partial charge is 0.422 e. The molecule has 0 amide bonds. The first-order chi connectivity index (χ1) is 15.1. The molecule has 0 aliphatic carbocycles. The number of benzene rings is 2. The van der Waals surface area contributed by atoms with E-state index in [9.17, 15) is 18.3 Å². The number of fused-ring (bicyclic) bond motifs is 1. The molecule has 2 heterocycles. The number of aromatic nitrogens is 2. The standard InChI is InChI=1S/C22H19ClF3N3O3/c1-13(16-6-5-15(11-17(16)23)32-20-27-8-3-9-28-20)21(30,22(24,25)26)14-4-7-19-18(10-14)29(2)12-31-19/h3-11,13,30H,12H2,1-2H3. The summed E-state index contributed by atoms with van der Waals surface area (Å²) in [5.41, 5.74) is -2.92. The molecule has 0 saturated carbocycles. The van der Waals surface area contributed by atoms with Gasteiger partial charge >= 0.3 is 12.2 Å². The predicted molar refractivity (Wildman–Crippen MR) is 112 cm³/mol. The molecule has 2 atom stereocenters. The SMILES string of the molecule is CC(c1ccc(Oc2ncccn2)cc1Cl)C(O)(c1ccc2c(c1)N(C)CO2)C(F)(F)F. The van der Waals surface area contributed by atoms with Crippen LogP contribution in [0.3, 0.4) is 0 Å². The molecule has 1 aliphatic heterocycles. The molecule has 0 saturated heterocycles. The summed E-state index contributed by atoms with van der Waals surface area (Å²) in [7, 11) is 1.69. The van der Waals surface area contributed by atoms with Crippen molar-refractivity contribution in [2.75, 3.05) is 18.7 Å². The second-order valence-corrected chi connectivity index (χ2v) is 7.86. The van der Waals surface area contributed by atoms with Crippen molar-refractivity contribution in [1.82, 2.24) is 9.97 Å². The largest absolute Gasteiger partial charge is 0.471 e. The van der Waals surface area contributed by atoms with Crippen LogP contribution in [-0.4, -0.2) is 35.0 Å². The van der Waals surface area contributed by atoms with Gasteiger partial charge in [0.25, 0.3) is 0 Å². The van der Waals surface area contributed by atoms with Gasteiger partial charge in [-0.2, -0.15) is 13.2 Å². The number of rotatable bonds is 5. The van der Waals surface area contributed by atoms with Crippen molar-refractivity contribution in [1.29, 1.82) is 0 Å². The van der Waals surface area contributed by atoms with Gasteiger partial charge in [0.05, 0.1) is 5.69 Å². The lowest BCUT2D eigenvalue weighted by molar-refractivity contribution is -0.274. The van der Waals surface area contributed by atoms with E-state index in [1.807, 2.05) is 0 Å². The van der Waals surface area contributed by atoms with Crippen molar-refractivity contribution in [2.24, 2.45) is 0 Å². The van der Waals surface area contributed by atoms with Gasteiger partial charge in [0.2, 0.25) is 0 Å². The van der Waals surface area contributed by atoms with Crippen molar-refractivity contribution >= 4 is 17.3 Å². The minimum absolute atomic E-state index is 0.00946. The number of halogens is 4. The van der Waals surface area contributed by atoms with Gasteiger partial charge in [0.1, 0.15) is 11.5 Å². The molecule has 1 aromatic heterocycles. The lowest BCUT2D eigenvalue weighted by atomic mass is 9.77. The molecule has 0 radical (unpaired) electrons. The lowest BCUT2D eigenvalue weighted by Crippen LogP contribution is -2.46. The number of hydrogen-bond donors (Lipinski definition) is 1. The highest BCUT2D eigenvalue weighted by atomic mass is 35.5. The lowest BCUT2D eigenvalue weighted by Gasteiger charge is -2.37. The number of anilines is 1. The molecule has 32 heavy (non-hydrogen) atoms. The normalized spacial score (nSPS) is 16.2. The summed E-state index contributed by atoms with van der Waals surface area (Å²) in [6.45, 7) is 1.50. The fourth-order valence-electron chi connectivity index (χ4n) is 3.66. The van der Waals surface area contributed by atoms with E-state index in [0.29, 0.717) is 11.4 Å². The molecular formula is C22H19ClF3N3O3. The predicted octanol–water partition coefficient (Wildman–Crippen LogP) is 5.26. The van der Waals surface area contributed by atoms with E-state index in [-0.39, 0.29) is 34.6 Å². The first kappa shape index (κ1) is 22.2. The van der Waals surface area contributed by atoms with Gasteiger partial charge in [-0.15, -0.1) is 0 Å². The third-order valence-corrected chi connectivity index (χ3v) is 5.80. The van der Waals surface area contributed by atoms with Gasteiger partial charge in [0, 0.05) is 30.4 Å². The third kappa shape index (κ3) is 3.82. The van der Waals surface area contributed by atoms with Gasteiger partial charge in [0.15, 0.2) is 12.3 Å². The molecule has 0 fully saturated rings. The van der Waals surface area contributed by atoms with E-state index in [2.05, 4.69) is 9.97 Å². The molecule has 6 nitrogen and oxygen atoms in total. The zero-order valence-electron chi connectivity index (χ0n) is 17.1. The topological polar surface area (TPSA) is 67.7 Å². The van der Waals surface area contributed by atoms with Gasteiger partial charge in [-0.1, -0.05) is 30.7 Å². The molecular weight excluding hydrogens is 447 g/mol. The zero-order valence-corrected chi connectivity index (χ0v) is 17.9. The third-order valence-electron chi connectivity index (χ3n) is 5.47. The van der Waals surface area contributed by atoms with Crippen LogP contribution in [0, 0.1) is 0 Å². The first-order valence-electron chi connectivity index (χ1n) is 9.63. The average Bonchev–Trinajstić information content (AvgIpc) is 3.13. The van der Waals surface area contributed by atoms with E-state index >= 15 is 0 Å². The minimum atomic E-state index is -4.98. The van der Waals surface area contributed by atoms with Crippen molar-refractivity contribution in [2.45, 2.75) is 24.6 Å². The Morgan fingerprint density at radius 1 is 1.16 bits per heavy atom. The Kier molecular flexibility index (Phi) is 5.64. The Bertz CT molecular complexity index is 1130. The van der Waals surface area contributed by atoms with Crippen LogP contribution in [-0.2, 0) is 5.60 Å². The van der Waals surface area contributed by atoms with Crippen molar-refractivity contribution in [3.05, 3.63) is 71.0 Å². The number of alkyl halides is 3. The number of hydrogen-bond acceptors (Lipinski definition) is 6. The Hall–Kier alpha value is -3.04. The van der Waals surface area contributed by atoms with E-state index in [0.717, 1.165) is 0 Å². The van der Waals surface area contributed by atoms with Gasteiger partial charge in [-0.3, -0.25) is 0 Å². The summed E-state index contributed by atoms with van der Waals surface area (Å²) in [6, 6.07) is 9.84. The molecule has 10 heteroatoms. The van der Waals surface area contributed by atoms with Gasteiger partial charge < -0.3 is 19.5 Å². The Labute approximate surface area is 187 Å². The number of aliphatic hydroxyl groups is 1. The van der Waals surface area contributed by atoms with Gasteiger partial charge in [-0.05, 0) is 41.5 Å². The Balaban J connectivity index is 1.71. The van der Waals surface area contributed by atoms with Crippen LogP contribution in [0.5, 0.6) is 17.5 Å². The fraction of sp³-hybridized carbons (Fsp3) is 0.273. The molecule has 168 valence electrons. The fourth-order valence-corrected chi connectivity index (χ4v) is 4.00. The summed E-state index contributed by atoms with van der Waals surface area (Å²) in [4.78, 5) is 9.51. The maximum Gasteiger partial charge on any atom is 0.422 e. The maximum atomic E-state index is 14.3. The molecule has 2 aromatic carbocycles. The molecule has 1 aliphatic rings. The molecule has 1 N–H and O–H groups in total. The second-order valence-electron chi connectivity index (χ2n) is 7.46. The monoisotopic (exact) mass is 465 g/mol. The number of nitrogens with zero attached hydrogens (tertiary/aromatic N) is 3. The molecule has 0 spiro atoms. The molecule has 3 aromatic rings. The Morgan fingerprint density at radius 2 is 1.88 bits per heavy atom. The summed E-state index contributed by atoms with van der Waals surface area (Å²) in [5, 5.41) is 11.1. The highest BCUT2D eigenvalue weighted by Crippen LogP contribution is 2.51. The van der Waals surface area contributed by atoms with Crippen LogP contribution >= 0.6 is 11.6 Å². The van der Waals surface area contributed by atoms with Crippen LogP contribution in [0.4, 0.5) is 18.9 Å². The highest BCUT2D eigenvalue weighted by molar-refractivity contribution is 6.31. The summed E-state index contributed by atoms with van der Waals surface area (Å²) < 4.78 is 53.8. The molecule has 0 bridgehead atoms.